The van der Waals surface area contributed by atoms with Gasteiger partial charge >= 0.3 is 6.18 Å². The molecule has 0 bridgehead atoms. The molecule has 0 atom stereocenters. The second-order valence-electron chi connectivity index (χ2n) is 4.78. The van der Waals surface area contributed by atoms with Crippen LogP contribution in [0.1, 0.15) is 18.4 Å². The van der Waals surface area contributed by atoms with Crippen LogP contribution in [0.15, 0.2) is 23.1 Å². The van der Waals surface area contributed by atoms with Crippen LogP contribution in [0.4, 0.5) is 13.2 Å². The monoisotopic (exact) mass is 343 g/mol. The Kier molecular flexibility index (Phi) is 4.53. The summed E-state index contributed by atoms with van der Waals surface area (Å²) in [7, 11) is -4.11. The van der Waals surface area contributed by atoms with Crippen molar-refractivity contribution in [3.63, 3.8) is 0 Å². The summed E-state index contributed by atoms with van der Waals surface area (Å²) >= 11 is 5.76. The van der Waals surface area contributed by atoms with Crippen molar-refractivity contribution in [3.05, 3.63) is 28.8 Å². The van der Waals surface area contributed by atoms with Gasteiger partial charge in [-0.05, 0) is 31.0 Å². The number of benzene rings is 1. The largest absolute Gasteiger partial charge is 0.416 e. The third-order valence-corrected chi connectivity index (χ3v) is 5.68. The van der Waals surface area contributed by atoms with E-state index in [1.165, 1.54) is 0 Å². The highest BCUT2D eigenvalue weighted by Gasteiger charge is 2.35. The van der Waals surface area contributed by atoms with Crippen molar-refractivity contribution < 1.29 is 26.7 Å². The molecule has 1 fully saturated rings. The fourth-order valence-electron chi connectivity index (χ4n) is 2.10. The predicted molar refractivity (Wildman–Crippen MR) is 70.5 cm³/mol. The maximum absolute atomic E-state index is 12.7. The van der Waals surface area contributed by atoms with Crippen LogP contribution in [0.2, 0.25) is 5.02 Å². The van der Waals surface area contributed by atoms with E-state index in [0.29, 0.717) is 6.07 Å². The van der Waals surface area contributed by atoms with Crippen molar-refractivity contribution in [1.29, 1.82) is 0 Å². The van der Waals surface area contributed by atoms with Crippen molar-refractivity contribution in [1.82, 2.24) is 4.31 Å². The van der Waals surface area contributed by atoms with Gasteiger partial charge in [-0.15, -0.1) is 0 Å². The molecule has 1 aliphatic rings. The molecule has 0 radical (unpaired) electrons. The molecule has 0 aromatic heterocycles. The summed E-state index contributed by atoms with van der Waals surface area (Å²) in [5, 5.41) is 9.12. The standard InChI is InChI=1S/C12H13ClF3NO3S/c13-10-2-1-8(12(14,15)16)7-11(10)21(19,20)17-5-3-9(18)4-6-17/h1-2,7,9,18H,3-6H2. The van der Waals surface area contributed by atoms with Crippen LogP contribution in [0.5, 0.6) is 0 Å². The number of alkyl halides is 3. The predicted octanol–water partition coefficient (Wildman–Crippen LogP) is 2.50. The van der Waals surface area contributed by atoms with Crippen LogP contribution < -0.4 is 0 Å². The molecule has 0 saturated carbocycles. The summed E-state index contributed by atoms with van der Waals surface area (Å²) in [5.74, 6) is 0. The molecule has 1 aliphatic heterocycles. The minimum Gasteiger partial charge on any atom is -0.393 e. The van der Waals surface area contributed by atoms with E-state index in [-0.39, 0.29) is 31.0 Å². The zero-order chi connectivity index (χ0) is 15.8. The van der Waals surface area contributed by atoms with Crippen molar-refractivity contribution >= 4 is 21.6 Å². The van der Waals surface area contributed by atoms with Gasteiger partial charge in [0.1, 0.15) is 4.90 Å². The molecule has 1 N–H and O–H groups in total. The molecule has 1 aromatic carbocycles. The lowest BCUT2D eigenvalue weighted by molar-refractivity contribution is -0.137. The molecule has 21 heavy (non-hydrogen) atoms. The zero-order valence-corrected chi connectivity index (χ0v) is 12.3. The first-order valence-electron chi connectivity index (χ1n) is 6.17. The molecule has 0 spiro atoms. The lowest BCUT2D eigenvalue weighted by Crippen LogP contribution is -2.40. The fraction of sp³-hybridized carbons (Fsp3) is 0.500. The highest BCUT2D eigenvalue weighted by molar-refractivity contribution is 7.89. The Balaban J connectivity index is 2.40. The number of rotatable bonds is 2. The average Bonchev–Trinajstić information content (AvgIpc) is 2.38. The number of piperidine rings is 1. The van der Waals surface area contributed by atoms with Crippen LogP contribution in [0.25, 0.3) is 0 Å². The van der Waals surface area contributed by atoms with E-state index < -0.39 is 32.8 Å². The number of nitrogens with zero attached hydrogens (tertiary/aromatic N) is 1. The molecule has 1 saturated heterocycles. The SMILES string of the molecule is O=S(=O)(c1cc(C(F)(F)F)ccc1Cl)N1CCC(O)CC1. The van der Waals surface area contributed by atoms with Gasteiger partial charge in [0.05, 0.1) is 16.7 Å². The van der Waals surface area contributed by atoms with Crippen molar-refractivity contribution in [2.45, 2.75) is 30.0 Å². The minimum atomic E-state index is -4.65. The van der Waals surface area contributed by atoms with E-state index in [1.807, 2.05) is 0 Å². The van der Waals surface area contributed by atoms with Gasteiger partial charge in [-0.3, -0.25) is 0 Å². The van der Waals surface area contributed by atoms with E-state index in [0.717, 1.165) is 16.4 Å². The smallest absolute Gasteiger partial charge is 0.393 e. The Labute approximate surface area is 125 Å². The first kappa shape index (κ1) is 16.5. The first-order chi connectivity index (χ1) is 9.62. The third kappa shape index (κ3) is 3.50. The van der Waals surface area contributed by atoms with Gasteiger partial charge in [-0.25, -0.2) is 8.42 Å². The first-order valence-corrected chi connectivity index (χ1v) is 7.99. The highest BCUT2D eigenvalue weighted by Crippen LogP contribution is 2.34. The number of hydrogen-bond donors (Lipinski definition) is 1. The summed E-state index contributed by atoms with van der Waals surface area (Å²) in [6.07, 6.45) is -4.74. The molecule has 0 unspecified atom stereocenters. The van der Waals surface area contributed by atoms with Crippen molar-refractivity contribution in [2.75, 3.05) is 13.1 Å². The maximum Gasteiger partial charge on any atom is 0.416 e. The number of hydrogen-bond acceptors (Lipinski definition) is 3. The number of sulfonamides is 1. The molecule has 118 valence electrons. The highest BCUT2D eigenvalue weighted by atomic mass is 35.5. The second kappa shape index (κ2) is 5.75. The average molecular weight is 344 g/mol. The molecular formula is C12H13ClF3NO3S. The van der Waals surface area contributed by atoms with Crippen LogP contribution in [-0.2, 0) is 16.2 Å². The molecule has 0 amide bonds. The molecule has 1 heterocycles. The molecule has 9 heteroatoms. The molecule has 1 aromatic rings. The zero-order valence-electron chi connectivity index (χ0n) is 10.8. The Morgan fingerprint density at radius 3 is 2.33 bits per heavy atom. The van der Waals surface area contributed by atoms with E-state index >= 15 is 0 Å². The van der Waals surface area contributed by atoms with Gasteiger partial charge in [0.25, 0.3) is 0 Å². The maximum atomic E-state index is 12.7. The van der Waals surface area contributed by atoms with Gasteiger partial charge in [-0.2, -0.15) is 17.5 Å². The van der Waals surface area contributed by atoms with E-state index in [4.69, 9.17) is 11.6 Å². The number of halogens is 4. The molecule has 2 rings (SSSR count). The quantitative estimate of drug-likeness (QED) is 0.897. The fourth-order valence-corrected chi connectivity index (χ4v) is 4.07. The van der Waals surface area contributed by atoms with E-state index in [2.05, 4.69) is 0 Å². The van der Waals surface area contributed by atoms with Crippen LogP contribution in [-0.4, -0.2) is 37.0 Å². The minimum absolute atomic E-state index is 0.0517. The van der Waals surface area contributed by atoms with Gasteiger partial charge in [0.15, 0.2) is 0 Å². The van der Waals surface area contributed by atoms with E-state index in [1.54, 1.807) is 0 Å². The van der Waals surface area contributed by atoms with Crippen LogP contribution >= 0.6 is 11.6 Å². The van der Waals surface area contributed by atoms with Gasteiger partial charge in [-0.1, -0.05) is 11.6 Å². The van der Waals surface area contributed by atoms with Crippen molar-refractivity contribution in [3.8, 4) is 0 Å². The molecule has 4 nitrogen and oxygen atoms in total. The normalized spacial score (nSPS) is 18.9. The van der Waals surface area contributed by atoms with Crippen LogP contribution in [0, 0.1) is 0 Å². The Morgan fingerprint density at radius 2 is 1.81 bits per heavy atom. The summed E-state index contributed by atoms with van der Waals surface area (Å²) in [6, 6.07) is 2.21. The number of aliphatic hydroxyl groups is 1. The third-order valence-electron chi connectivity index (χ3n) is 3.30. The summed E-state index contributed by atoms with van der Waals surface area (Å²) in [6.45, 7) is 0.103. The van der Waals surface area contributed by atoms with Crippen LogP contribution in [0.3, 0.4) is 0 Å². The lowest BCUT2D eigenvalue weighted by Gasteiger charge is -2.29. The van der Waals surface area contributed by atoms with Gasteiger partial charge in [0, 0.05) is 13.1 Å². The van der Waals surface area contributed by atoms with Gasteiger partial charge in [0.2, 0.25) is 10.0 Å². The summed E-state index contributed by atoms with van der Waals surface area (Å²) in [4.78, 5) is -0.560. The summed E-state index contributed by atoms with van der Waals surface area (Å²) in [5.41, 5.74) is -1.07. The van der Waals surface area contributed by atoms with Crippen molar-refractivity contribution in [2.24, 2.45) is 0 Å². The topological polar surface area (TPSA) is 57.6 Å². The molecule has 0 aliphatic carbocycles. The Bertz CT molecular complexity index is 625. The lowest BCUT2D eigenvalue weighted by atomic mass is 10.1. The van der Waals surface area contributed by atoms with Gasteiger partial charge < -0.3 is 5.11 Å². The second-order valence-corrected chi connectivity index (χ2v) is 7.09. The van der Waals surface area contributed by atoms with E-state index in [9.17, 15) is 26.7 Å². The number of aliphatic hydroxyl groups excluding tert-OH is 1. The Hall–Kier alpha value is -0.830. The summed E-state index contributed by atoms with van der Waals surface area (Å²) < 4.78 is 63.9. The molecular weight excluding hydrogens is 331 g/mol. The Morgan fingerprint density at radius 1 is 1.24 bits per heavy atom.